The molecule has 0 aromatic rings. The van der Waals surface area contributed by atoms with E-state index in [-0.39, 0.29) is 0 Å². The molecule has 148 valence electrons. The van der Waals surface area contributed by atoms with Crippen LogP contribution >= 0.6 is 0 Å². The topological polar surface area (TPSA) is 89.4 Å². The molecule has 0 rings (SSSR count). The summed E-state index contributed by atoms with van der Waals surface area (Å²) in [5.74, 6) is 0. The van der Waals surface area contributed by atoms with Crippen LogP contribution in [0.2, 0.25) is 0 Å². The van der Waals surface area contributed by atoms with E-state index < -0.39 is 10.2 Å². The van der Waals surface area contributed by atoms with Gasteiger partial charge in [-0.05, 0) is 33.6 Å². The van der Waals surface area contributed by atoms with Crippen molar-refractivity contribution in [2.45, 2.75) is 91.9 Å². The summed E-state index contributed by atoms with van der Waals surface area (Å²) in [5.41, 5.74) is 0. The van der Waals surface area contributed by atoms with Crippen molar-refractivity contribution < 1.29 is 33.4 Å². The maximum absolute atomic E-state index is 8.60. The third-order valence-electron chi connectivity index (χ3n) is 5.00. The maximum Gasteiger partial charge on any atom is 0.0786 e. The van der Waals surface area contributed by atoms with E-state index in [1.165, 1.54) is 94.9 Å². The van der Waals surface area contributed by atoms with Gasteiger partial charge in [0.15, 0.2) is 0 Å². The number of nitrogens with zero attached hydrogens (tertiary/aromatic N) is 1. The highest BCUT2D eigenvalue weighted by atomic mass is 35.7. The van der Waals surface area contributed by atoms with Gasteiger partial charge in [-0.2, -0.15) is 14.0 Å². The molecule has 0 aliphatic heterocycles. The van der Waals surface area contributed by atoms with Crippen molar-refractivity contribution in [1.29, 1.82) is 0 Å². The Labute approximate surface area is 152 Å². The summed E-state index contributed by atoms with van der Waals surface area (Å²) < 4.78 is 34.1. The molecule has 0 saturated carbocycles. The molecule has 0 aliphatic carbocycles. The fraction of sp³-hybridized carbons (Fsp3) is 1.00. The SMILES string of the molecule is CCCCCCCCCCCC[N+](CC)(CC)CC.[O-][Cl+3]([O-])([O-])O. The van der Waals surface area contributed by atoms with Crippen LogP contribution in [0.4, 0.5) is 0 Å². The van der Waals surface area contributed by atoms with E-state index in [9.17, 15) is 0 Å². The Kier molecular flexibility index (Phi) is 18.2. The van der Waals surface area contributed by atoms with Gasteiger partial charge in [0, 0.05) is 0 Å². The first-order valence-corrected chi connectivity index (χ1v) is 11.0. The third kappa shape index (κ3) is 20.1. The summed E-state index contributed by atoms with van der Waals surface area (Å²) in [7, 11) is -4.69. The van der Waals surface area contributed by atoms with Crippen molar-refractivity contribution in [2.75, 3.05) is 26.2 Å². The summed E-state index contributed by atoms with van der Waals surface area (Å²) in [6.07, 6.45) is 14.5. The zero-order chi connectivity index (χ0) is 18.9. The number of hydrogen-bond acceptors (Lipinski definition) is 4. The van der Waals surface area contributed by atoms with Crippen molar-refractivity contribution in [3.05, 3.63) is 0 Å². The average molecular weight is 371 g/mol. The van der Waals surface area contributed by atoms with Gasteiger partial charge >= 0.3 is 0 Å². The van der Waals surface area contributed by atoms with E-state index in [1.54, 1.807) is 0 Å². The smallest absolute Gasteiger partial charge is 0.0786 e. The molecule has 0 heterocycles. The standard InChI is InChI=1S/C18H40N.ClHO4/c1-5-9-10-11-12-13-14-15-16-17-18-19(6-2,7-3)8-4;2-1(3,4)5/h5-18H2,1-4H3;(H,2,3,4,5)/q+1;. The second-order valence-electron chi connectivity index (χ2n) is 6.59. The predicted octanol–water partition coefficient (Wildman–Crippen LogP) is 1.66. The van der Waals surface area contributed by atoms with Gasteiger partial charge in [-0.1, -0.05) is 58.3 Å². The van der Waals surface area contributed by atoms with Crippen LogP contribution < -0.4 is 14.0 Å². The van der Waals surface area contributed by atoms with E-state index in [1.807, 2.05) is 0 Å². The van der Waals surface area contributed by atoms with Gasteiger partial charge in [0.1, 0.15) is 0 Å². The minimum atomic E-state index is -4.69. The molecule has 0 spiro atoms. The van der Waals surface area contributed by atoms with E-state index in [2.05, 4.69) is 27.7 Å². The first kappa shape index (κ1) is 26.3. The first-order valence-electron chi connectivity index (χ1n) is 9.73. The van der Waals surface area contributed by atoms with Crippen LogP contribution in [0.5, 0.6) is 0 Å². The number of hydrogen-bond donors (Lipinski definition) is 1. The molecule has 6 heteroatoms. The molecule has 0 amide bonds. The maximum atomic E-state index is 8.60. The van der Waals surface area contributed by atoms with Crippen molar-refractivity contribution in [1.82, 2.24) is 0 Å². The van der Waals surface area contributed by atoms with Gasteiger partial charge in [0.05, 0.1) is 41.1 Å². The number of unbranched alkanes of at least 4 members (excludes halogenated alkanes) is 9. The van der Waals surface area contributed by atoms with Gasteiger partial charge in [-0.15, -0.1) is 0 Å². The highest BCUT2D eigenvalue weighted by Gasteiger charge is 2.19. The third-order valence-corrected chi connectivity index (χ3v) is 5.00. The van der Waals surface area contributed by atoms with Gasteiger partial charge in [0.2, 0.25) is 0 Å². The van der Waals surface area contributed by atoms with Gasteiger partial charge in [0.25, 0.3) is 0 Å². The molecule has 0 aromatic carbocycles. The molecule has 0 bridgehead atoms. The lowest BCUT2D eigenvalue weighted by molar-refractivity contribution is -1.92. The van der Waals surface area contributed by atoms with Crippen molar-refractivity contribution >= 4 is 0 Å². The Hall–Kier alpha value is 0.0900. The van der Waals surface area contributed by atoms with E-state index in [0.717, 1.165) is 0 Å². The largest absolute Gasteiger partial charge is 0.324 e. The van der Waals surface area contributed by atoms with E-state index >= 15 is 0 Å². The summed E-state index contributed by atoms with van der Waals surface area (Å²) in [4.78, 5) is 0. The van der Waals surface area contributed by atoms with Crippen LogP contribution in [-0.4, -0.2) is 35.3 Å². The zero-order valence-electron chi connectivity index (χ0n) is 16.4. The Morgan fingerprint density at radius 1 is 0.625 bits per heavy atom. The summed E-state index contributed by atoms with van der Waals surface area (Å²) >= 11 is 0. The molecule has 0 aromatic heterocycles. The zero-order valence-corrected chi connectivity index (χ0v) is 17.2. The Balaban J connectivity index is 0. The summed E-state index contributed by atoms with van der Waals surface area (Å²) in [6.45, 7) is 14.7. The van der Waals surface area contributed by atoms with Crippen molar-refractivity contribution in [3.63, 3.8) is 0 Å². The molecule has 0 fully saturated rings. The van der Waals surface area contributed by atoms with Crippen LogP contribution in [0.25, 0.3) is 0 Å². The molecule has 5 nitrogen and oxygen atoms in total. The molecule has 0 aliphatic rings. The molecule has 24 heavy (non-hydrogen) atoms. The molecule has 1 N–H and O–H groups in total. The molecule has 0 saturated heterocycles. The van der Waals surface area contributed by atoms with Gasteiger partial charge in [-0.25, -0.2) is 0 Å². The van der Waals surface area contributed by atoms with E-state index in [4.69, 9.17) is 18.6 Å². The molecular formula is C18H41ClNO4+. The van der Waals surface area contributed by atoms with Crippen LogP contribution in [-0.2, 0) is 0 Å². The molecular weight excluding hydrogens is 330 g/mol. The number of rotatable bonds is 14. The Bertz CT molecular complexity index is 242. The second kappa shape index (κ2) is 16.6. The predicted molar refractivity (Wildman–Crippen MR) is 90.8 cm³/mol. The Morgan fingerprint density at radius 3 is 1.21 bits per heavy atom. The van der Waals surface area contributed by atoms with Crippen LogP contribution in [0.1, 0.15) is 91.9 Å². The van der Waals surface area contributed by atoms with Crippen molar-refractivity contribution in [3.8, 4) is 0 Å². The van der Waals surface area contributed by atoms with Crippen molar-refractivity contribution in [2.24, 2.45) is 0 Å². The van der Waals surface area contributed by atoms with Crippen LogP contribution in [0.15, 0.2) is 0 Å². The molecule has 0 atom stereocenters. The Morgan fingerprint density at radius 2 is 0.917 bits per heavy atom. The molecule has 0 unspecified atom stereocenters. The molecule has 0 radical (unpaired) electrons. The lowest BCUT2D eigenvalue weighted by Crippen LogP contribution is -2.58. The van der Waals surface area contributed by atoms with E-state index in [0.29, 0.717) is 0 Å². The summed E-state index contributed by atoms with van der Waals surface area (Å²) in [6, 6.07) is 0. The minimum Gasteiger partial charge on any atom is -0.324 e. The van der Waals surface area contributed by atoms with Gasteiger partial charge in [-0.3, -0.25) is 0 Å². The quantitative estimate of drug-likeness (QED) is 0.372. The highest BCUT2D eigenvalue weighted by Crippen LogP contribution is 2.13. The fourth-order valence-electron chi connectivity index (χ4n) is 3.08. The normalized spacial score (nSPS) is 12.0. The number of quaternary nitrogens is 1. The highest BCUT2D eigenvalue weighted by molar-refractivity contribution is 4.48. The van der Waals surface area contributed by atoms with Gasteiger partial charge < -0.3 is 4.48 Å². The van der Waals surface area contributed by atoms with Crippen LogP contribution in [0, 0.1) is 10.2 Å². The summed E-state index contributed by atoms with van der Waals surface area (Å²) in [5, 5.41) is 0. The second-order valence-corrected chi connectivity index (χ2v) is 7.38. The van der Waals surface area contributed by atoms with Crippen LogP contribution in [0.3, 0.4) is 0 Å². The minimum absolute atomic E-state index is 1.31. The first-order chi connectivity index (χ1) is 11.2. The lowest BCUT2D eigenvalue weighted by atomic mass is 10.1. The lowest BCUT2D eigenvalue weighted by Gasteiger charge is -2.35. The number of halogens is 1. The average Bonchev–Trinajstić information content (AvgIpc) is 2.52. The fourth-order valence-corrected chi connectivity index (χ4v) is 3.08. The monoisotopic (exact) mass is 370 g/mol.